The van der Waals surface area contributed by atoms with Gasteiger partial charge in [0.25, 0.3) is 0 Å². The largest absolute Gasteiger partial charge is 0.477 e. The number of hydrogen-bond donors (Lipinski definition) is 3. The molecule has 0 aliphatic carbocycles. The molecule has 0 fully saturated rings. The number of anilines is 1. The Bertz CT molecular complexity index is 491. The smallest absolute Gasteiger partial charge is 0.354 e. The standard InChI is InChI=1S/C12H17N3O3/c1-7(2)6-15(4)12(18)14-9-5-8(3)13-10(9)11(16)17/h5,13H,1,6H2,2-4H3,(H,14,18)(H,16,17). The second kappa shape index (κ2) is 5.39. The number of carboxylic acids is 1. The zero-order chi connectivity index (χ0) is 13.9. The number of nitrogens with zero attached hydrogens (tertiary/aromatic N) is 1. The van der Waals surface area contributed by atoms with Gasteiger partial charge in [-0.05, 0) is 19.9 Å². The zero-order valence-corrected chi connectivity index (χ0v) is 10.7. The van der Waals surface area contributed by atoms with Crippen molar-refractivity contribution in [2.75, 3.05) is 18.9 Å². The number of carboxylic acid groups (broad SMARTS) is 1. The van der Waals surface area contributed by atoms with E-state index in [4.69, 9.17) is 5.11 Å². The van der Waals surface area contributed by atoms with E-state index < -0.39 is 5.97 Å². The molecule has 0 aliphatic rings. The molecular formula is C12H17N3O3. The van der Waals surface area contributed by atoms with Gasteiger partial charge in [-0.3, -0.25) is 0 Å². The second-order valence-corrected chi connectivity index (χ2v) is 4.29. The number of hydrogen-bond acceptors (Lipinski definition) is 2. The van der Waals surface area contributed by atoms with Gasteiger partial charge in [-0.15, -0.1) is 0 Å². The summed E-state index contributed by atoms with van der Waals surface area (Å²) in [5.74, 6) is -1.11. The molecule has 0 aliphatic heterocycles. The minimum atomic E-state index is -1.11. The summed E-state index contributed by atoms with van der Waals surface area (Å²) in [6, 6.07) is 1.20. The average Bonchev–Trinajstić information content (AvgIpc) is 2.58. The number of carbonyl (C=O) groups is 2. The molecule has 1 rings (SSSR count). The van der Waals surface area contributed by atoms with E-state index in [1.54, 1.807) is 20.0 Å². The first-order valence-electron chi connectivity index (χ1n) is 5.40. The Morgan fingerprint density at radius 2 is 2.17 bits per heavy atom. The Labute approximate surface area is 105 Å². The van der Waals surface area contributed by atoms with Gasteiger partial charge in [0.2, 0.25) is 0 Å². The number of rotatable bonds is 4. The summed E-state index contributed by atoms with van der Waals surface area (Å²) in [5.41, 5.74) is 1.75. The third-order valence-electron chi connectivity index (χ3n) is 2.26. The van der Waals surface area contributed by atoms with Gasteiger partial charge in [0, 0.05) is 19.3 Å². The van der Waals surface area contributed by atoms with Gasteiger partial charge in [-0.1, -0.05) is 12.2 Å². The van der Waals surface area contributed by atoms with Crippen LogP contribution in [0.3, 0.4) is 0 Å². The summed E-state index contributed by atoms with van der Waals surface area (Å²) < 4.78 is 0. The fraction of sp³-hybridized carbons (Fsp3) is 0.333. The Hall–Kier alpha value is -2.24. The number of aromatic nitrogens is 1. The molecule has 0 saturated carbocycles. The van der Waals surface area contributed by atoms with Crippen molar-refractivity contribution in [3.63, 3.8) is 0 Å². The van der Waals surface area contributed by atoms with Gasteiger partial charge in [0.05, 0.1) is 5.69 Å². The highest BCUT2D eigenvalue weighted by molar-refractivity contribution is 5.99. The lowest BCUT2D eigenvalue weighted by molar-refractivity contribution is 0.0692. The molecule has 1 aromatic heterocycles. The van der Waals surface area contributed by atoms with Crippen LogP contribution in [-0.4, -0.2) is 40.6 Å². The van der Waals surface area contributed by atoms with E-state index in [0.29, 0.717) is 12.2 Å². The van der Waals surface area contributed by atoms with Crippen LogP contribution in [0.1, 0.15) is 23.1 Å². The molecule has 0 spiro atoms. The van der Waals surface area contributed by atoms with Gasteiger partial charge < -0.3 is 20.3 Å². The lowest BCUT2D eigenvalue weighted by Gasteiger charge is -2.17. The lowest BCUT2D eigenvalue weighted by atomic mass is 10.3. The van der Waals surface area contributed by atoms with Crippen molar-refractivity contribution < 1.29 is 14.7 Å². The van der Waals surface area contributed by atoms with Crippen LogP contribution in [0.25, 0.3) is 0 Å². The highest BCUT2D eigenvalue weighted by Crippen LogP contribution is 2.17. The van der Waals surface area contributed by atoms with Crippen LogP contribution in [0.2, 0.25) is 0 Å². The number of nitrogens with one attached hydrogen (secondary N) is 2. The van der Waals surface area contributed by atoms with E-state index in [-0.39, 0.29) is 17.4 Å². The molecule has 0 unspecified atom stereocenters. The van der Waals surface area contributed by atoms with Crippen LogP contribution < -0.4 is 5.32 Å². The van der Waals surface area contributed by atoms with Crippen molar-refractivity contribution in [3.8, 4) is 0 Å². The summed E-state index contributed by atoms with van der Waals surface area (Å²) in [5, 5.41) is 11.5. The van der Waals surface area contributed by atoms with Gasteiger partial charge in [0.1, 0.15) is 5.69 Å². The number of carbonyl (C=O) groups excluding carboxylic acids is 1. The molecule has 1 heterocycles. The monoisotopic (exact) mass is 251 g/mol. The molecule has 6 nitrogen and oxygen atoms in total. The Balaban J connectivity index is 2.81. The van der Waals surface area contributed by atoms with E-state index >= 15 is 0 Å². The van der Waals surface area contributed by atoms with Crippen molar-refractivity contribution >= 4 is 17.7 Å². The van der Waals surface area contributed by atoms with E-state index in [1.165, 1.54) is 4.90 Å². The first-order chi connectivity index (χ1) is 8.31. The maximum absolute atomic E-state index is 11.8. The van der Waals surface area contributed by atoms with Gasteiger partial charge in [-0.2, -0.15) is 0 Å². The minimum Gasteiger partial charge on any atom is -0.477 e. The summed E-state index contributed by atoms with van der Waals surface area (Å²) in [6.07, 6.45) is 0. The molecule has 0 radical (unpaired) electrons. The maximum atomic E-state index is 11.8. The average molecular weight is 251 g/mol. The summed E-state index contributed by atoms with van der Waals surface area (Å²) in [6.45, 7) is 7.66. The Kier molecular flexibility index (Phi) is 4.14. The quantitative estimate of drug-likeness (QED) is 0.716. The predicted molar refractivity (Wildman–Crippen MR) is 69.0 cm³/mol. The predicted octanol–water partition coefficient (Wildman–Crippen LogP) is 2.06. The van der Waals surface area contributed by atoms with Gasteiger partial charge in [0.15, 0.2) is 0 Å². The Morgan fingerprint density at radius 1 is 1.56 bits per heavy atom. The van der Waals surface area contributed by atoms with Crippen LogP contribution in [0, 0.1) is 6.92 Å². The first-order valence-corrected chi connectivity index (χ1v) is 5.40. The van der Waals surface area contributed by atoms with Crippen LogP contribution in [-0.2, 0) is 0 Å². The number of amides is 2. The molecule has 6 heteroatoms. The van der Waals surface area contributed by atoms with Crippen molar-refractivity contribution in [3.05, 3.63) is 29.6 Å². The number of aromatic carboxylic acids is 1. The summed E-state index contributed by atoms with van der Waals surface area (Å²) in [7, 11) is 1.62. The van der Waals surface area contributed by atoms with Gasteiger partial charge in [-0.25, -0.2) is 9.59 Å². The molecule has 0 atom stereocenters. The molecular weight excluding hydrogens is 234 g/mol. The summed E-state index contributed by atoms with van der Waals surface area (Å²) in [4.78, 5) is 26.9. The molecule has 1 aromatic rings. The van der Waals surface area contributed by atoms with Crippen LogP contribution in [0.5, 0.6) is 0 Å². The molecule has 18 heavy (non-hydrogen) atoms. The highest BCUT2D eigenvalue weighted by atomic mass is 16.4. The van der Waals surface area contributed by atoms with E-state index in [2.05, 4.69) is 16.9 Å². The minimum absolute atomic E-state index is 0.0235. The van der Waals surface area contributed by atoms with Crippen molar-refractivity contribution in [2.24, 2.45) is 0 Å². The molecule has 0 saturated heterocycles. The fourth-order valence-corrected chi connectivity index (χ4v) is 1.54. The lowest BCUT2D eigenvalue weighted by Crippen LogP contribution is -2.32. The summed E-state index contributed by atoms with van der Waals surface area (Å²) >= 11 is 0. The SMILES string of the molecule is C=C(C)CN(C)C(=O)Nc1cc(C)[nH]c1C(=O)O. The molecule has 0 bridgehead atoms. The highest BCUT2D eigenvalue weighted by Gasteiger charge is 2.17. The van der Waals surface area contributed by atoms with Crippen molar-refractivity contribution in [1.29, 1.82) is 0 Å². The Morgan fingerprint density at radius 3 is 2.67 bits per heavy atom. The van der Waals surface area contributed by atoms with Crippen molar-refractivity contribution in [2.45, 2.75) is 13.8 Å². The molecule has 2 amide bonds. The molecule has 98 valence electrons. The van der Waals surface area contributed by atoms with E-state index in [1.807, 2.05) is 6.92 Å². The zero-order valence-electron chi connectivity index (χ0n) is 10.7. The molecule has 0 aromatic carbocycles. The number of aromatic amines is 1. The third kappa shape index (κ3) is 3.38. The van der Waals surface area contributed by atoms with Crippen molar-refractivity contribution in [1.82, 2.24) is 9.88 Å². The number of H-pyrrole nitrogens is 1. The maximum Gasteiger partial charge on any atom is 0.354 e. The number of likely N-dealkylation sites (N-methyl/N-ethyl adjacent to an activating group) is 1. The first kappa shape index (κ1) is 13.8. The third-order valence-corrected chi connectivity index (χ3v) is 2.26. The number of urea groups is 1. The molecule has 3 N–H and O–H groups in total. The number of aryl methyl sites for hydroxylation is 1. The van der Waals surface area contributed by atoms with Crippen LogP contribution >= 0.6 is 0 Å². The normalized spacial score (nSPS) is 9.94. The van der Waals surface area contributed by atoms with E-state index in [0.717, 1.165) is 5.57 Å². The second-order valence-electron chi connectivity index (χ2n) is 4.29. The van der Waals surface area contributed by atoms with Crippen LogP contribution in [0.4, 0.5) is 10.5 Å². The van der Waals surface area contributed by atoms with Crippen LogP contribution in [0.15, 0.2) is 18.2 Å². The van der Waals surface area contributed by atoms with Gasteiger partial charge >= 0.3 is 12.0 Å². The topological polar surface area (TPSA) is 85.4 Å². The fourth-order valence-electron chi connectivity index (χ4n) is 1.54. The van der Waals surface area contributed by atoms with E-state index in [9.17, 15) is 9.59 Å².